The Morgan fingerprint density at radius 3 is 2.74 bits per heavy atom. The van der Waals surface area contributed by atoms with E-state index < -0.39 is 0 Å². The second-order valence-corrected chi connectivity index (χ2v) is 5.00. The first-order valence-electron chi connectivity index (χ1n) is 6.97. The number of nitrogens with two attached hydrogens (primary N) is 1. The molecule has 0 atom stereocenters. The van der Waals surface area contributed by atoms with Crippen LogP contribution in [0.4, 0.5) is 11.4 Å². The van der Waals surface area contributed by atoms with Gasteiger partial charge in [-0.25, -0.2) is 0 Å². The van der Waals surface area contributed by atoms with E-state index in [0.717, 1.165) is 31.0 Å². The Kier molecular flexibility index (Phi) is 7.11. The lowest BCUT2D eigenvalue weighted by molar-refractivity contribution is 0.118. The number of hydrogen-bond acceptors (Lipinski definition) is 4. The summed E-state index contributed by atoms with van der Waals surface area (Å²) in [4.78, 5) is 0. The molecule has 3 N–H and O–H groups in total. The maximum atomic E-state index is 5.86. The number of hydrogen-bond donors (Lipinski definition) is 2. The molecule has 1 aromatic rings. The van der Waals surface area contributed by atoms with E-state index in [-0.39, 0.29) is 0 Å². The van der Waals surface area contributed by atoms with Crippen LogP contribution in [-0.2, 0) is 4.74 Å². The molecule has 0 heterocycles. The van der Waals surface area contributed by atoms with E-state index in [9.17, 15) is 0 Å². The first-order chi connectivity index (χ1) is 9.13. The summed E-state index contributed by atoms with van der Waals surface area (Å²) < 4.78 is 11.1. The zero-order valence-electron chi connectivity index (χ0n) is 12.2. The number of anilines is 2. The highest BCUT2D eigenvalue weighted by Crippen LogP contribution is 2.25. The Balaban J connectivity index is 2.37. The molecule has 0 aliphatic heterocycles. The fraction of sp³-hybridized carbons (Fsp3) is 0.600. The van der Waals surface area contributed by atoms with E-state index >= 15 is 0 Å². The Hall–Kier alpha value is -1.42. The van der Waals surface area contributed by atoms with Crippen LogP contribution in [0.3, 0.4) is 0 Å². The SMILES string of the molecule is CCCOc1cc(NCCOCC(C)C)ccc1N. The third-order valence-electron chi connectivity index (χ3n) is 2.50. The van der Waals surface area contributed by atoms with Crippen LogP contribution in [0.5, 0.6) is 5.75 Å². The van der Waals surface area contributed by atoms with Gasteiger partial charge in [0.1, 0.15) is 5.75 Å². The second kappa shape index (κ2) is 8.64. The van der Waals surface area contributed by atoms with E-state index in [4.69, 9.17) is 15.2 Å². The highest BCUT2D eigenvalue weighted by molar-refractivity contribution is 5.61. The van der Waals surface area contributed by atoms with Gasteiger partial charge in [0.2, 0.25) is 0 Å². The van der Waals surface area contributed by atoms with Crippen LogP contribution >= 0.6 is 0 Å². The molecule has 108 valence electrons. The van der Waals surface area contributed by atoms with Crippen molar-refractivity contribution >= 4 is 11.4 Å². The normalized spacial score (nSPS) is 10.7. The predicted molar refractivity (Wildman–Crippen MR) is 80.8 cm³/mol. The van der Waals surface area contributed by atoms with Gasteiger partial charge in [0.05, 0.1) is 18.9 Å². The average molecular weight is 266 g/mol. The topological polar surface area (TPSA) is 56.5 Å². The van der Waals surface area contributed by atoms with E-state index in [0.29, 0.717) is 24.8 Å². The predicted octanol–water partition coefficient (Wildman–Crippen LogP) is 3.14. The van der Waals surface area contributed by atoms with Gasteiger partial charge in [-0.05, 0) is 24.5 Å². The third-order valence-corrected chi connectivity index (χ3v) is 2.50. The number of ether oxygens (including phenoxy) is 2. The molecule has 0 bridgehead atoms. The van der Waals surface area contributed by atoms with E-state index in [1.165, 1.54) is 0 Å². The minimum Gasteiger partial charge on any atom is -0.491 e. The van der Waals surface area contributed by atoms with E-state index in [2.05, 4.69) is 26.1 Å². The van der Waals surface area contributed by atoms with Crippen LogP contribution in [-0.4, -0.2) is 26.4 Å². The van der Waals surface area contributed by atoms with Gasteiger partial charge >= 0.3 is 0 Å². The van der Waals surface area contributed by atoms with Crippen LogP contribution in [0, 0.1) is 5.92 Å². The highest BCUT2D eigenvalue weighted by atomic mass is 16.5. The van der Waals surface area contributed by atoms with Crippen LogP contribution in [0.2, 0.25) is 0 Å². The molecule has 0 unspecified atom stereocenters. The zero-order valence-corrected chi connectivity index (χ0v) is 12.2. The minimum atomic E-state index is 0.575. The maximum absolute atomic E-state index is 5.86. The number of nitrogen functional groups attached to an aromatic ring is 1. The van der Waals surface area contributed by atoms with Gasteiger partial charge in [0.15, 0.2) is 0 Å². The van der Waals surface area contributed by atoms with Gasteiger partial charge in [-0.15, -0.1) is 0 Å². The summed E-state index contributed by atoms with van der Waals surface area (Å²) in [6.45, 7) is 9.33. The van der Waals surface area contributed by atoms with Crippen molar-refractivity contribution < 1.29 is 9.47 Å². The van der Waals surface area contributed by atoms with Crippen molar-refractivity contribution in [2.75, 3.05) is 37.4 Å². The second-order valence-electron chi connectivity index (χ2n) is 5.00. The molecule has 0 fully saturated rings. The summed E-state index contributed by atoms with van der Waals surface area (Å²) in [5.41, 5.74) is 7.55. The van der Waals surface area contributed by atoms with Crippen LogP contribution < -0.4 is 15.8 Å². The van der Waals surface area contributed by atoms with E-state index in [1.54, 1.807) is 0 Å². The molecule has 0 spiro atoms. The Bertz CT molecular complexity index is 367. The summed E-state index contributed by atoms with van der Waals surface area (Å²) >= 11 is 0. The monoisotopic (exact) mass is 266 g/mol. The molecular weight excluding hydrogens is 240 g/mol. The summed E-state index contributed by atoms with van der Waals surface area (Å²) in [7, 11) is 0. The van der Waals surface area contributed by atoms with Gasteiger partial charge in [-0.3, -0.25) is 0 Å². The molecule has 1 rings (SSSR count). The lowest BCUT2D eigenvalue weighted by Crippen LogP contribution is -2.12. The lowest BCUT2D eigenvalue weighted by atomic mass is 10.2. The lowest BCUT2D eigenvalue weighted by Gasteiger charge is -2.12. The third kappa shape index (κ3) is 6.34. The van der Waals surface area contributed by atoms with E-state index in [1.807, 2.05) is 18.2 Å². The number of rotatable bonds is 9. The Labute approximate surface area is 116 Å². The molecule has 4 heteroatoms. The van der Waals surface area contributed by atoms with Gasteiger partial charge in [-0.2, -0.15) is 0 Å². The molecule has 19 heavy (non-hydrogen) atoms. The van der Waals surface area contributed by atoms with Crippen molar-refractivity contribution in [1.29, 1.82) is 0 Å². The largest absolute Gasteiger partial charge is 0.491 e. The van der Waals surface area contributed by atoms with Crippen molar-refractivity contribution in [2.24, 2.45) is 5.92 Å². The molecule has 4 nitrogen and oxygen atoms in total. The first-order valence-corrected chi connectivity index (χ1v) is 6.97. The van der Waals surface area contributed by atoms with Gasteiger partial charge < -0.3 is 20.5 Å². The quantitative estimate of drug-likeness (QED) is 0.532. The van der Waals surface area contributed by atoms with Gasteiger partial charge in [0.25, 0.3) is 0 Å². The summed E-state index contributed by atoms with van der Waals surface area (Å²) in [5, 5.41) is 3.30. The van der Waals surface area contributed by atoms with Crippen LogP contribution in [0.1, 0.15) is 27.2 Å². The number of benzene rings is 1. The van der Waals surface area contributed by atoms with Crippen molar-refractivity contribution in [1.82, 2.24) is 0 Å². The average Bonchev–Trinajstić information content (AvgIpc) is 2.38. The smallest absolute Gasteiger partial charge is 0.144 e. The molecule has 0 amide bonds. The molecule has 0 aromatic heterocycles. The molecule has 0 saturated carbocycles. The van der Waals surface area contributed by atoms with Gasteiger partial charge in [-0.1, -0.05) is 20.8 Å². The van der Waals surface area contributed by atoms with Crippen molar-refractivity contribution in [3.8, 4) is 5.75 Å². The Morgan fingerprint density at radius 1 is 1.26 bits per heavy atom. The standard InChI is InChI=1S/C15H26N2O2/c1-4-8-19-15-10-13(5-6-14(15)16)17-7-9-18-11-12(2)3/h5-6,10,12,17H,4,7-9,11,16H2,1-3H3. The summed E-state index contributed by atoms with van der Waals surface area (Å²) in [5.74, 6) is 1.32. The molecular formula is C15H26N2O2. The van der Waals surface area contributed by atoms with Crippen molar-refractivity contribution in [3.05, 3.63) is 18.2 Å². The highest BCUT2D eigenvalue weighted by Gasteiger charge is 2.02. The summed E-state index contributed by atoms with van der Waals surface area (Å²) in [6.07, 6.45) is 0.972. The molecule has 0 radical (unpaired) electrons. The molecule has 0 aliphatic rings. The minimum absolute atomic E-state index is 0.575. The molecule has 0 saturated heterocycles. The zero-order chi connectivity index (χ0) is 14.1. The Morgan fingerprint density at radius 2 is 2.05 bits per heavy atom. The van der Waals surface area contributed by atoms with Crippen molar-refractivity contribution in [2.45, 2.75) is 27.2 Å². The van der Waals surface area contributed by atoms with Crippen LogP contribution in [0.15, 0.2) is 18.2 Å². The first kappa shape index (κ1) is 15.6. The van der Waals surface area contributed by atoms with Crippen LogP contribution in [0.25, 0.3) is 0 Å². The van der Waals surface area contributed by atoms with Gasteiger partial charge in [0, 0.05) is 24.9 Å². The number of nitrogens with one attached hydrogen (secondary N) is 1. The van der Waals surface area contributed by atoms with Crippen molar-refractivity contribution in [3.63, 3.8) is 0 Å². The molecule has 0 aliphatic carbocycles. The fourth-order valence-corrected chi connectivity index (χ4v) is 1.57. The maximum Gasteiger partial charge on any atom is 0.144 e. The fourth-order valence-electron chi connectivity index (χ4n) is 1.57. The summed E-state index contributed by atoms with van der Waals surface area (Å²) in [6, 6.07) is 5.76. The molecule has 1 aromatic carbocycles.